The van der Waals surface area contributed by atoms with Gasteiger partial charge in [-0.2, -0.15) is 0 Å². The molecule has 1 aromatic heterocycles. The van der Waals surface area contributed by atoms with Crippen molar-refractivity contribution in [2.24, 2.45) is 0 Å². The van der Waals surface area contributed by atoms with Crippen LogP contribution in [-0.4, -0.2) is 34.3 Å². The van der Waals surface area contributed by atoms with Gasteiger partial charge in [0.25, 0.3) is 0 Å². The maximum absolute atomic E-state index is 11.7. The molecule has 0 spiro atoms. The number of aromatic nitrogens is 1. The van der Waals surface area contributed by atoms with Crippen molar-refractivity contribution >= 4 is 59.7 Å². The van der Waals surface area contributed by atoms with Gasteiger partial charge in [0.2, 0.25) is 25.2 Å². The minimum atomic E-state index is -4.02. The van der Waals surface area contributed by atoms with Crippen LogP contribution >= 0.6 is 34.5 Å². The molecule has 0 aliphatic rings. The number of anilines is 1. The SMILES string of the molecule is CS(=O)(=O)N(c1nc(-c2ccc(Cl)cc2Cl)cs1)S(C)(=O)=O. The van der Waals surface area contributed by atoms with E-state index in [2.05, 4.69) is 4.98 Å². The van der Waals surface area contributed by atoms with Crippen molar-refractivity contribution in [1.82, 2.24) is 4.98 Å². The fourth-order valence-electron chi connectivity index (χ4n) is 1.70. The Morgan fingerprint density at radius 2 is 1.68 bits per heavy atom. The lowest BCUT2D eigenvalue weighted by molar-refractivity contribution is 0.590. The number of halogens is 2. The second-order valence-corrected chi connectivity index (χ2v) is 9.94. The van der Waals surface area contributed by atoms with E-state index in [9.17, 15) is 16.8 Å². The zero-order chi connectivity index (χ0) is 16.7. The van der Waals surface area contributed by atoms with Crippen molar-refractivity contribution in [3.63, 3.8) is 0 Å². The Morgan fingerprint density at radius 1 is 1.09 bits per heavy atom. The fraction of sp³-hybridized carbons (Fsp3) is 0.182. The van der Waals surface area contributed by atoms with E-state index in [-0.39, 0.29) is 8.84 Å². The smallest absolute Gasteiger partial charge is 0.218 e. The van der Waals surface area contributed by atoms with E-state index in [1.165, 1.54) is 11.4 Å². The summed E-state index contributed by atoms with van der Waals surface area (Å²) < 4.78 is 47.1. The van der Waals surface area contributed by atoms with Crippen molar-refractivity contribution in [2.45, 2.75) is 0 Å². The molecule has 0 radical (unpaired) electrons. The normalized spacial score (nSPS) is 12.4. The molecule has 6 nitrogen and oxygen atoms in total. The monoisotopic (exact) mass is 400 g/mol. The van der Waals surface area contributed by atoms with Crippen LogP contribution in [0.3, 0.4) is 0 Å². The summed E-state index contributed by atoms with van der Waals surface area (Å²) in [6.45, 7) is 0. The number of sulfonamides is 2. The molecule has 11 heteroatoms. The van der Waals surface area contributed by atoms with E-state index in [0.29, 0.717) is 21.3 Å². The van der Waals surface area contributed by atoms with Crippen LogP contribution in [0.2, 0.25) is 10.0 Å². The summed E-state index contributed by atoms with van der Waals surface area (Å²) in [6.07, 6.45) is 1.59. The lowest BCUT2D eigenvalue weighted by Gasteiger charge is -2.15. The van der Waals surface area contributed by atoms with Crippen molar-refractivity contribution in [2.75, 3.05) is 16.2 Å². The highest BCUT2D eigenvalue weighted by molar-refractivity contribution is 8.09. The van der Waals surface area contributed by atoms with Gasteiger partial charge in [0.15, 0.2) is 0 Å². The summed E-state index contributed by atoms with van der Waals surface area (Å²) in [6, 6.07) is 4.74. The Bertz CT molecular complexity index is 891. The number of benzene rings is 1. The van der Waals surface area contributed by atoms with Crippen LogP contribution in [0.4, 0.5) is 5.13 Å². The van der Waals surface area contributed by atoms with Crippen LogP contribution in [-0.2, 0) is 20.0 Å². The average molecular weight is 401 g/mol. The van der Waals surface area contributed by atoms with Gasteiger partial charge in [-0.1, -0.05) is 23.2 Å². The first-order chi connectivity index (χ1) is 10.00. The second kappa shape index (κ2) is 5.97. The molecule has 0 amide bonds. The van der Waals surface area contributed by atoms with Crippen LogP contribution in [0.5, 0.6) is 0 Å². The minimum absolute atomic E-state index is 0.175. The maximum atomic E-state index is 11.7. The van der Waals surface area contributed by atoms with E-state index in [1.54, 1.807) is 12.1 Å². The van der Waals surface area contributed by atoms with E-state index in [0.717, 1.165) is 23.8 Å². The predicted octanol–water partition coefficient (Wildman–Crippen LogP) is 2.84. The molecule has 22 heavy (non-hydrogen) atoms. The van der Waals surface area contributed by atoms with Gasteiger partial charge in [-0.25, -0.2) is 21.8 Å². The molecule has 0 aliphatic heterocycles. The predicted molar refractivity (Wildman–Crippen MR) is 89.7 cm³/mol. The number of hydrogen-bond donors (Lipinski definition) is 0. The van der Waals surface area contributed by atoms with E-state index in [4.69, 9.17) is 23.2 Å². The summed E-state index contributed by atoms with van der Waals surface area (Å²) in [5.74, 6) is 0. The number of nitrogens with zero attached hydrogens (tertiary/aromatic N) is 2. The Morgan fingerprint density at radius 3 is 2.18 bits per heavy atom. The molecule has 0 saturated carbocycles. The summed E-state index contributed by atoms with van der Waals surface area (Å²) in [5, 5.41) is 2.12. The quantitative estimate of drug-likeness (QED) is 0.787. The van der Waals surface area contributed by atoms with Crippen LogP contribution in [0.25, 0.3) is 11.3 Å². The second-order valence-electron chi connectivity index (χ2n) is 4.36. The van der Waals surface area contributed by atoms with Crippen LogP contribution < -0.4 is 3.71 Å². The molecule has 0 N–H and O–H groups in total. The molecule has 120 valence electrons. The molecular weight excluding hydrogens is 391 g/mol. The molecule has 0 saturated heterocycles. The van der Waals surface area contributed by atoms with Crippen molar-refractivity contribution in [3.8, 4) is 11.3 Å². The maximum Gasteiger partial charge on any atom is 0.247 e. The Balaban J connectivity index is 2.55. The highest BCUT2D eigenvalue weighted by Gasteiger charge is 2.30. The van der Waals surface area contributed by atoms with Gasteiger partial charge in [0.05, 0.1) is 23.2 Å². The summed E-state index contributed by atoms with van der Waals surface area (Å²) >= 11 is 12.8. The van der Waals surface area contributed by atoms with Crippen LogP contribution in [0.15, 0.2) is 23.6 Å². The van der Waals surface area contributed by atoms with Crippen molar-refractivity contribution in [1.29, 1.82) is 0 Å². The highest BCUT2D eigenvalue weighted by Crippen LogP contribution is 2.34. The first kappa shape index (κ1) is 17.5. The highest BCUT2D eigenvalue weighted by atomic mass is 35.5. The van der Waals surface area contributed by atoms with Gasteiger partial charge in [-0.3, -0.25) is 0 Å². The summed E-state index contributed by atoms with van der Waals surface area (Å²) in [7, 11) is -8.04. The fourth-order valence-corrected chi connectivity index (χ4v) is 6.52. The Kier molecular flexibility index (Phi) is 4.74. The molecule has 0 fully saturated rings. The third-order valence-corrected chi connectivity index (χ3v) is 7.24. The molecule has 0 atom stereocenters. The van der Waals surface area contributed by atoms with Gasteiger partial charge in [0, 0.05) is 16.0 Å². The average Bonchev–Trinajstić information content (AvgIpc) is 2.73. The topological polar surface area (TPSA) is 84.4 Å². The summed E-state index contributed by atoms with van der Waals surface area (Å²) in [5.41, 5.74) is 0.884. The molecule has 1 heterocycles. The van der Waals surface area contributed by atoms with Gasteiger partial charge in [0.1, 0.15) is 0 Å². The third-order valence-electron chi connectivity index (χ3n) is 2.46. The Labute approximate surface area is 142 Å². The largest absolute Gasteiger partial charge is 0.247 e. The lowest BCUT2D eigenvalue weighted by Crippen LogP contribution is -2.35. The number of hydrogen-bond acceptors (Lipinski definition) is 6. The van der Waals surface area contributed by atoms with Gasteiger partial charge < -0.3 is 0 Å². The zero-order valence-corrected chi connectivity index (χ0v) is 15.3. The van der Waals surface area contributed by atoms with Gasteiger partial charge >= 0.3 is 0 Å². The van der Waals surface area contributed by atoms with Gasteiger partial charge in [-0.05, 0) is 18.2 Å². The first-order valence-electron chi connectivity index (χ1n) is 5.61. The Hall–Kier alpha value is -0.870. The van der Waals surface area contributed by atoms with Crippen molar-refractivity contribution < 1.29 is 16.8 Å². The molecule has 1 aromatic carbocycles. The van der Waals surface area contributed by atoms with E-state index >= 15 is 0 Å². The zero-order valence-electron chi connectivity index (χ0n) is 11.3. The molecule has 0 bridgehead atoms. The van der Waals surface area contributed by atoms with Crippen LogP contribution in [0.1, 0.15) is 0 Å². The first-order valence-corrected chi connectivity index (χ1v) is 10.9. The third kappa shape index (κ3) is 3.72. The molecular formula is C11H10Cl2N2O4S3. The molecule has 0 unspecified atom stereocenters. The van der Waals surface area contributed by atoms with Crippen LogP contribution in [0, 0.1) is 0 Å². The molecule has 2 rings (SSSR count). The minimum Gasteiger partial charge on any atom is -0.218 e. The molecule has 0 aliphatic carbocycles. The standard InChI is InChI=1S/C11H10Cl2N2O4S3/c1-21(16,17)15(22(2,18)19)11-14-10(6-20-11)8-4-3-7(12)5-9(8)13/h3-6H,1-2H3. The van der Waals surface area contributed by atoms with Gasteiger partial charge in [-0.15, -0.1) is 15.0 Å². The molecule has 2 aromatic rings. The number of thiazole rings is 1. The van der Waals surface area contributed by atoms with E-state index in [1.807, 2.05) is 0 Å². The number of rotatable bonds is 4. The van der Waals surface area contributed by atoms with E-state index < -0.39 is 20.0 Å². The summed E-state index contributed by atoms with van der Waals surface area (Å²) in [4.78, 5) is 4.06. The lowest BCUT2D eigenvalue weighted by atomic mass is 10.2. The van der Waals surface area contributed by atoms with Crippen molar-refractivity contribution in [3.05, 3.63) is 33.6 Å².